The Morgan fingerprint density at radius 3 is 2.10 bits per heavy atom. The van der Waals surface area contributed by atoms with E-state index >= 15 is 0 Å². The first-order valence-corrected chi connectivity index (χ1v) is 21.3. The molecule has 0 amide bonds. The van der Waals surface area contributed by atoms with Crippen molar-refractivity contribution in [2.75, 3.05) is 28.3 Å². The molecule has 0 aromatic carbocycles. The Balaban J connectivity index is 0.00000961. The average Bonchev–Trinajstić information content (AvgIpc) is 3.74. The van der Waals surface area contributed by atoms with Crippen molar-refractivity contribution < 1.29 is 107 Å². The van der Waals surface area contributed by atoms with Gasteiger partial charge in [0, 0.05) is 89.1 Å². The number of hydrogen-bond donors (Lipinski definition) is 3. The zero-order valence-corrected chi connectivity index (χ0v) is 43.4. The van der Waals surface area contributed by atoms with Crippen LogP contribution in [0, 0.1) is 73.7 Å². The monoisotopic (exact) mass is 1070 g/mol. The number of imidazole rings is 1. The predicted molar refractivity (Wildman–Crippen MR) is 217 cm³/mol. The predicted octanol–water partition coefficient (Wildman–Crippen LogP) is 4.40. The smallest absolute Gasteiger partial charge is 0.419 e. The van der Waals surface area contributed by atoms with Crippen LogP contribution in [0.2, 0.25) is 0 Å². The number of cyclic esters (lactones) is 1. The number of aromatic nitrogens is 2. The van der Waals surface area contributed by atoms with Gasteiger partial charge in [0.1, 0.15) is 29.7 Å². The van der Waals surface area contributed by atoms with E-state index in [0.29, 0.717) is 12.8 Å². The van der Waals surface area contributed by atoms with Gasteiger partial charge in [0.2, 0.25) is 0 Å². The molecule has 17 heteroatoms. The molecule has 0 bridgehead atoms. The van der Waals surface area contributed by atoms with Gasteiger partial charge in [-0.3, -0.25) is 4.79 Å². The number of esters is 1. The van der Waals surface area contributed by atoms with E-state index in [4.69, 9.17) is 37.9 Å². The number of ether oxygens (including phenoxy) is 8. The van der Waals surface area contributed by atoms with Crippen LogP contribution in [0.25, 0.3) is 0 Å². The van der Waals surface area contributed by atoms with Crippen molar-refractivity contribution in [3.8, 4) is 0 Å². The summed E-state index contributed by atoms with van der Waals surface area (Å²) < 4.78 is 52.4. The first-order valence-electron chi connectivity index (χ1n) is 21.3. The van der Waals surface area contributed by atoms with E-state index in [-0.39, 0.29) is 80.9 Å². The van der Waals surface area contributed by atoms with Crippen LogP contribution in [0.3, 0.4) is 0 Å². The summed E-state index contributed by atoms with van der Waals surface area (Å²) in [6.45, 7) is 20.4. The van der Waals surface area contributed by atoms with Crippen molar-refractivity contribution in [3.63, 3.8) is 0 Å². The number of carbonyl (C=O) groups is 2. The number of methoxy groups -OCH3 is 2. The minimum atomic E-state index is -1.78. The minimum Gasteiger partial charge on any atom is -0.459 e. The van der Waals surface area contributed by atoms with Gasteiger partial charge in [0.15, 0.2) is 18.7 Å². The van der Waals surface area contributed by atoms with E-state index in [1.54, 1.807) is 27.9 Å². The Kier molecular flexibility index (Phi) is 19.6. The Labute approximate surface area is 393 Å². The molecule has 16 nitrogen and oxygen atoms in total. The zero-order chi connectivity index (χ0) is 44.4. The fourth-order valence-electron chi connectivity index (χ4n) is 9.67. The molecule has 4 heterocycles. The molecule has 3 N–H and O–H groups in total. The van der Waals surface area contributed by atoms with Gasteiger partial charge in [0.25, 0.3) is 0 Å². The molecule has 343 valence electrons. The number of nitrogens with zero attached hydrogens (tertiary/aromatic N) is 3. The molecule has 17 unspecified atom stereocenters. The van der Waals surface area contributed by atoms with Gasteiger partial charge in [0.05, 0.1) is 42.0 Å². The van der Waals surface area contributed by atoms with Crippen LogP contribution in [0.15, 0.2) is 18.7 Å². The summed E-state index contributed by atoms with van der Waals surface area (Å²) in [4.78, 5) is 33.4. The van der Waals surface area contributed by atoms with Crippen molar-refractivity contribution in [1.29, 1.82) is 0 Å². The van der Waals surface area contributed by atoms with Gasteiger partial charge in [-0.1, -0.05) is 34.6 Å². The Morgan fingerprint density at radius 2 is 1.55 bits per heavy atom. The molecular formula is C43H75AcN3O13. The second-order valence-electron chi connectivity index (χ2n) is 18.6. The third-order valence-corrected chi connectivity index (χ3v) is 14.0. The standard InChI is InChI=1S/C43H75N3O13.Ac/c1-16-31-43(11,51)35(48)26(5)25(4)23(2)20-41(9,52-14)36(58-39-33(47)30(45(12)13)19-24(3)54-39)27(6)34(28(7)38(49)56-31)57-32-21-42(10,53-15)37(29(8)55-32)59-40(50)46-18-17-44-22-46;/h17-18,22-37,39,47-48,51H,16,19-21H2,1-15H3;/t23?,24?,25-,26?,27?,28?,29?,30?,31+,32?,33?,34?,35?,36?,37?,39?,41?,42?,43?;/m0./s1. The molecule has 0 aliphatic carbocycles. The van der Waals surface area contributed by atoms with E-state index in [1.165, 1.54) is 37.3 Å². The molecule has 60 heavy (non-hydrogen) atoms. The van der Waals surface area contributed by atoms with Crippen molar-refractivity contribution in [1.82, 2.24) is 14.5 Å². The fourth-order valence-corrected chi connectivity index (χ4v) is 9.67. The van der Waals surface area contributed by atoms with Crippen LogP contribution in [-0.2, 0) is 42.7 Å². The second-order valence-corrected chi connectivity index (χ2v) is 18.6. The minimum absolute atomic E-state index is 0. The number of likely N-dealkylation sites (N-methyl/N-ethyl adjacent to an activating group) is 1. The number of aliphatic hydroxyl groups is 3. The fraction of sp³-hybridized carbons (Fsp3) is 0.884. The quantitative estimate of drug-likeness (QED) is 0.295. The van der Waals surface area contributed by atoms with Gasteiger partial charge in [-0.2, -0.15) is 0 Å². The van der Waals surface area contributed by atoms with E-state index in [9.17, 15) is 24.9 Å². The largest absolute Gasteiger partial charge is 0.459 e. The van der Waals surface area contributed by atoms with Crippen molar-refractivity contribution >= 4 is 12.1 Å². The molecule has 0 saturated carbocycles. The summed E-state index contributed by atoms with van der Waals surface area (Å²) in [6.07, 6.45) is -3.97. The number of carbonyl (C=O) groups excluding carboxylic acids is 2. The molecule has 3 saturated heterocycles. The van der Waals surface area contributed by atoms with Crippen LogP contribution in [0.5, 0.6) is 0 Å². The van der Waals surface area contributed by atoms with Gasteiger partial charge in [-0.05, 0) is 92.7 Å². The first-order chi connectivity index (χ1) is 27.5. The van der Waals surface area contributed by atoms with Gasteiger partial charge in [-0.15, -0.1) is 0 Å². The van der Waals surface area contributed by atoms with Gasteiger partial charge in [-0.25, -0.2) is 14.3 Å². The molecule has 1 radical (unpaired) electrons. The third-order valence-electron chi connectivity index (χ3n) is 14.0. The Hall–Kier alpha value is -0.808. The van der Waals surface area contributed by atoms with Crippen LogP contribution in [0.4, 0.5) is 4.79 Å². The summed E-state index contributed by atoms with van der Waals surface area (Å²) in [7, 11) is 6.95. The van der Waals surface area contributed by atoms with E-state index in [0.717, 1.165) is 0 Å². The molecule has 3 fully saturated rings. The third kappa shape index (κ3) is 11.7. The summed E-state index contributed by atoms with van der Waals surface area (Å²) in [5.74, 6) is -2.95. The molecule has 19 atom stereocenters. The normalized spacial score (nSPS) is 45.0. The second kappa shape index (κ2) is 21.9. The molecule has 3 aliphatic heterocycles. The maximum atomic E-state index is 14.4. The molecule has 1 aromatic heterocycles. The zero-order valence-electron chi connectivity index (χ0n) is 38.6. The van der Waals surface area contributed by atoms with Crippen molar-refractivity contribution in [3.05, 3.63) is 18.7 Å². The van der Waals surface area contributed by atoms with Crippen LogP contribution >= 0.6 is 0 Å². The van der Waals surface area contributed by atoms with E-state index in [1.807, 2.05) is 60.5 Å². The van der Waals surface area contributed by atoms with Crippen molar-refractivity contribution in [2.45, 2.75) is 186 Å². The van der Waals surface area contributed by atoms with Crippen LogP contribution in [0.1, 0.15) is 102 Å². The molecule has 4 rings (SSSR count). The molecular weight excluding hydrogens is 993 g/mol. The topological polar surface area (TPSA) is 190 Å². The maximum absolute atomic E-state index is 14.4. The van der Waals surface area contributed by atoms with Crippen LogP contribution in [-0.4, -0.2) is 154 Å². The Morgan fingerprint density at radius 1 is 0.933 bits per heavy atom. The first kappa shape index (κ1) is 53.5. The summed E-state index contributed by atoms with van der Waals surface area (Å²) >= 11 is 0. The Bertz CT molecular complexity index is 1510. The number of aliphatic hydroxyl groups excluding tert-OH is 2. The van der Waals surface area contributed by atoms with Crippen LogP contribution < -0.4 is 0 Å². The molecule has 3 aliphatic rings. The SMILES string of the molecule is CC[C@H]1OC(=O)C(C)C(OC2CC(C)(OC)C(OC(=O)n3ccnc3)C(C)O2)C(C)C(OC2OC(C)CC(N(C)C)C2O)C(C)(OC)CC(C)[C@H](C)C(C)C(O)C1(C)O.[Ac]. The number of rotatable bonds is 9. The molecule has 1 aromatic rings. The van der Waals surface area contributed by atoms with Crippen molar-refractivity contribution in [2.24, 2.45) is 29.6 Å². The van der Waals surface area contributed by atoms with Gasteiger partial charge < -0.3 is 58.1 Å². The average molecular weight is 1070 g/mol. The van der Waals surface area contributed by atoms with E-state index in [2.05, 4.69) is 11.9 Å². The van der Waals surface area contributed by atoms with E-state index < -0.39 is 102 Å². The number of hydrogen-bond acceptors (Lipinski definition) is 15. The summed E-state index contributed by atoms with van der Waals surface area (Å²) in [5, 5.41) is 35.4. The maximum Gasteiger partial charge on any atom is 0.419 e. The summed E-state index contributed by atoms with van der Waals surface area (Å²) in [6, 6.07) is -0.257. The summed E-state index contributed by atoms with van der Waals surface area (Å²) in [5.41, 5.74) is -3.95. The molecule has 0 spiro atoms. The van der Waals surface area contributed by atoms with Gasteiger partial charge >= 0.3 is 12.1 Å².